The summed E-state index contributed by atoms with van der Waals surface area (Å²) in [4.78, 5) is 4.37. The van der Waals surface area contributed by atoms with Crippen LogP contribution in [0.3, 0.4) is 0 Å². The molecule has 1 aliphatic heterocycles. The van der Waals surface area contributed by atoms with Gasteiger partial charge in [-0.15, -0.1) is 11.6 Å². The van der Waals surface area contributed by atoms with Crippen LogP contribution in [0.5, 0.6) is 5.75 Å². The quantitative estimate of drug-likeness (QED) is 0.785. The number of aromatic nitrogens is 1. The number of hydrogen-bond donors (Lipinski definition) is 0. The molecular weight excluding hydrogens is 250 g/mol. The van der Waals surface area contributed by atoms with Crippen LogP contribution in [0.15, 0.2) is 12.1 Å². The maximum absolute atomic E-state index is 5.89. The third-order valence-electron chi connectivity index (χ3n) is 3.18. The van der Waals surface area contributed by atoms with Crippen molar-refractivity contribution in [2.24, 2.45) is 0 Å². The molecule has 0 bridgehead atoms. The van der Waals surface area contributed by atoms with E-state index in [1.54, 1.807) is 0 Å². The van der Waals surface area contributed by atoms with Crippen molar-refractivity contribution in [2.75, 3.05) is 6.61 Å². The molecule has 1 aromatic heterocycles. The predicted octanol–water partition coefficient (Wildman–Crippen LogP) is 3.47. The van der Waals surface area contributed by atoms with Crippen LogP contribution < -0.4 is 4.74 Å². The van der Waals surface area contributed by atoms with Crippen molar-refractivity contribution in [1.82, 2.24) is 4.98 Å². The SMILES string of the molecule is Cc1ccc(OCC2CCC(C)(C)O2)c(CCl)n1. The average Bonchev–Trinajstić information content (AvgIpc) is 2.67. The van der Waals surface area contributed by atoms with E-state index in [-0.39, 0.29) is 11.7 Å². The molecular formula is C14H20ClNO2. The maximum Gasteiger partial charge on any atom is 0.142 e. The molecule has 0 N–H and O–H groups in total. The summed E-state index contributed by atoms with van der Waals surface area (Å²) in [5.41, 5.74) is 1.74. The fourth-order valence-electron chi connectivity index (χ4n) is 2.20. The molecule has 1 atom stereocenters. The predicted molar refractivity (Wildman–Crippen MR) is 72.2 cm³/mol. The molecule has 3 nitrogen and oxygen atoms in total. The number of rotatable bonds is 4. The van der Waals surface area contributed by atoms with Gasteiger partial charge in [-0.3, -0.25) is 4.98 Å². The Hall–Kier alpha value is -0.800. The van der Waals surface area contributed by atoms with Crippen LogP contribution in [0.25, 0.3) is 0 Å². The number of hydrogen-bond acceptors (Lipinski definition) is 3. The lowest BCUT2D eigenvalue weighted by Gasteiger charge is -2.19. The summed E-state index contributed by atoms with van der Waals surface area (Å²) in [5.74, 6) is 1.14. The zero-order chi connectivity index (χ0) is 13.2. The highest BCUT2D eigenvalue weighted by atomic mass is 35.5. The first-order valence-corrected chi connectivity index (χ1v) is 6.87. The molecule has 1 fully saturated rings. The molecule has 0 amide bonds. The van der Waals surface area contributed by atoms with E-state index in [1.165, 1.54) is 0 Å². The minimum atomic E-state index is -0.0190. The summed E-state index contributed by atoms with van der Waals surface area (Å²) >= 11 is 5.87. The number of nitrogens with zero attached hydrogens (tertiary/aromatic N) is 1. The van der Waals surface area contributed by atoms with Gasteiger partial charge >= 0.3 is 0 Å². The van der Waals surface area contributed by atoms with Gasteiger partial charge in [0.15, 0.2) is 0 Å². The zero-order valence-corrected chi connectivity index (χ0v) is 12.0. The second-order valence-electron chi connectivity index (χ2n) is 5.38. The Morgan fingerprint density at radius 2 is 2.28 bits per heavy atom. The lowest BCUT2D eigenvalue weighted by Crippen LogP contribution is -2.24. The summed E-state index contributed by atoms with van der Waals surface area (Å²) in [5, 5.41) is 0. The van der Waals surface area contributed by atoms with E-state index in [0.29, 0.717) is 12.5 Å². The molecule has 0 radical (unpaired) electrons. The molecule has 1 saturated heterocycles. The molecule has 0 spiro atoms. The van der Waals surface area contributed by atoms with Crippen LogP contribution in [-0.2, 0) is 10.6 Å². The van der Waals surface area contributed by atoms with E-state index in [9.17, 15) is 0 Å². The van der Waals surface area contributed by atoms with Gasteiger partial charge in [0.2, 0.25) is 0 Å². The van der Waals surface area contributed by atoms with Crippen LogP contribution in [0.4, 0.5) is 0 Å². The minimum absolute atomic E-state index is 0.0190. The molecule has 1 unspecified atom stereocenters. The van der Waals surface area contributed by atoms with Crippen LogP contribution in [0, 0.1) is 6.92 Å². The van der Waals surface area contributed by atoms with Crippen molar-refractivity contribution in [3.05, 3.63) is 23.5 Å². The third-order valence-corrected chi connectivity index (χ3v) is 3.43. The highest BCUT2D eigenvalue weighted by Crippen LogP contribution is 2.30. The van der Waals surface area contributed by atoms with Crippen molar-refractivity contribution in [3.8, 4) is 5.75 Å². The molecule has 2 heterocycles. The fourth-order valence-corrected chi connectivity index (χ4v) is 2.39. The molecule has 100 valence electrons. The van der Waals surface area contributed by atoms with Gasteiger partial charge in [0.25, 0.3) is 0 Å². The van der Waals surface area contributed by atoms with E-state index in [1.807, 2.05) is 19.1 Å². The van der Waals surface area contributed by atoms with Crippen molar-refractivity contribution < 1.29 is 9.47 Å². The molecule has 0 aromatic carbocycles. The Balaban J connectivity index is 1.94. The summed E-state index contributed by atoms with van der Waals surface area (Å²) in [6.45, 7) is 6.75. The van der Waals surface area contributed by atoms with Gasteiger partial charge in [0, 0.05) is 5.69 Å². The Kier molecular flexibility index (Phi) is 4.13. The summed E-state index contributed by atoms with van der Waals surface area (Å²) in [7, 11) is 0. The first-order valence-electron chi connectivity index (χ1n) is 6.33. The van der Waals surface area contributed by atoms with Gasteiger partial charge in [-0.25, -0.2) is 0 Å². The summed E-state index contributed by atoms with van der Waals surface area (Å²) < 4.78 is 11.7. The lowest BCUT2D eigenvalue weighted by atomic mass is 10.1. The van der Waals surface area contributed by atoms with Gasteiger partial charge in [-0.05, 0) is 45.7 Å². The molecule has 0 aliphatic carbocycles. The summed E-state index contributed by atoms with van der Waals surface area (Å²) in [6.07, 6.45) is 2.29. The number of alkyl halides is 1. The average molecular weight is 270 g/mol. The lowest BCUT2D eigenvalue weighted by molar-refractivity contribution is -0.0327. The van der Waals surface area contributed by atoms with E-state index >= 15 is 0 Å². The molecule has 2 rings (SSSR count). The van der Waals surface area contributed by atoms with Gasteiger partial charge in [0.1, 0.15) is 12.4 Å². The maximum atomic E-state index is 5.89. The number of ether oxygens (including phenoxy) is 2. The number of aryl methyl sites for hydroxylation is 1. The van der Waals surface area contributed by atoms with Gasteiger partial charge in [0.05, 0.1) is 23.3 Å². The van der Waals surface area contributed by atoms with E-state index in [2.05, 4.69) is 18.8 Å². The first-order chi connectivity index (χ1) is 8.50. The monoisotopic (exact) mass is 269 g/mol. The van der Waals surface area contributed by atoms with Crippen molar-refractivity contribution in [3.63, 3.8) is 0 Å². The Labute approximate surface area is 113 Å². The third kappa shape index (κ3) is 3.36. The van der Waals surface area contributed by atoms with Crippen molar-refractivity contribution in [2.45, 2.75) is 51.2 Å². The topological polar surface area (TPSA) is 31.4 Å². The molecule has 1 aromatic rings. The Bertz CT molecular complexity index is 420. The van der Waals surface area contributed by atoms with E-state index in [0.717, 1.165) is 30.0 Å². The van der Waals surface area contributed by atoms with E-state index in [4.69, 9.17) is 21.1 Å². The molecule has 18 heavy (non-hydrogen) atoms. The summed E-state index contributed by atoms with van der Waals surface area (Å²) in [6, 6.07) is 3.87. The van der Waals surface area contributed by atoms with Crippen molar-refractivity contribution >= 4 is 11.6 Å². The van der Waals surface area contributed by atoms with Crippen LogP contribution in [0.1, 0.15) is 38.1 Å². The highest BCUT2D eigenvalue weighted by Gasteiger charge is 2.32. The van der Waals surface area contributed by atoms with Crippen LogP contribution in [-0.4, -0.2) is 23.3 Å². The highest BCUT2D eigenvalue weighted by molar-refractivity contribution is 6.17. The van der Waals surface area contributed by atoms with Gasteiger partial charge in [-0.1, -0.05) is 0 Å². The fraction of sp³-hybridized carbons (Fsp3) is 0.643. The van der Waals surface area contributed by atoms with E-state index < -0.39 is 0 Å². The Morgan fingerprint density at radius 3 is 2.89 bits per heavy atom. The molecule has 1 aliphatic rings. The number of halogens is 1. The van der Waals surface area contributed by atoms with Crippen LogP contribution in [0.2, 0.25) is 0 Å². The molecule has 0 saturated carbocycles. The first kappa shape index (κ1) is 13.6. The second kappa shape index (κ2) is 5.45. The smallest absolute Gasteiger partial charge is 0.142 e. The number of pyridine rings is 1. The van der Waals surface area contributed by atoms with Gasteiger partial charge in [-0.2, -0.15) is 0 Å². The van der Waals surface area contributed by atoms with Gasteiger partial charge < -0.3 is 9.47 Å². The second-order valence-corrected chi connectivity index (χ2v) is 5.65. The van der Waals surface area contributed by atoms with Crippen LogP contribution >= 0.6 is 11.6 Å². The normalized spacial score (nSPS) is 22.1. The minimum Gasteiger partial charge on any atom is -0.489 e. The largest absolute Gasteiger partial charge is 0.489 e. The van der Waals surface area contributed by atoms with Crippen molar-refractivity contribution in [1.29, 1.82) is 0 Å². The standard InChI is InChI=1S/C14H20ClNO2/c1-10-4-5-13(12(8-15)16-10)17-9-11-6-7-14(2,3)18-11/h4-5,11H,6-9H2,1-3H3. The molecule has 4 heteroatoms. The Morgan fingerprint density at radius 1 is 1.50 bits per heavy atom. The zero-order valence-electron chi connectivity index (χ0n) is 11.2.